The molecule has 16 heavy (non-hydrogen) atoms. The van der Waals surface area contributed by atoms with Crippen molar-refractivity contribution in [3.63, 3.8) is 0 Å². The zero-order valence-corrected chi connectivity index (χ0v) is 9.98. The first kappa shape index (κ1) is 13.2. The molecule has 0 aromatic heterocycles. The lowest BCUT2D eigenvalue weighted by molar-refractivity contribution is 0.0934. The predicted molar refractivity (Wildman–Crippen MR) is 65.4 cm³/mol. The van der Waals surface area contributed by atoms with Crippen molar-refractivity contribution in [3.8, 4) is 0 Å². The van der Waals surface area contributed by atoms with Crippen LogP contribution >= 0.6 is 0 Å². The highest BCUT2D eigenvalue weighted by Gasteiger charge is 2.19. The molecule has 0 saturated heterocycles. The van der Waals surface area contributed by atoms with E-state index in [9.17, 15) is 5.11 Å². The largest absolute Gasteiger partial charge is 0.394 e. The molecular weight excluding hydrogens is 202 g/mol. The molecule has 0 saturated carbocycles. The Kier molecular flexibility index (Phi) is 4.93. The zero-order chi connectivity index (χ0) is 12.0. The second-order valence-electron chi connectivity index (χ2n) is 4.72. The van der Waals surface area contributed by atoms with Gasteiger partial charge in [-0.25, -0.2) is 0 Å². The summed E-state index contributed by atoms with van der Waals surface area (Å²) in [5, 5.41) is 21.1. The van der Waals surface area contributed by atoms with Gasteiger partial charge in [-0.1, -0.05) is 44.2 Å². The first-order chi connectivity index (χ1) is 7.56. The van der Waals surface area contributed by atoms with Crippen LogP contribution < -0.4 is 5.32 Å². The van der Waals surface area contributed by atoms with Crippen LogP contribution in [0.1, 0.15) is 19.4 Å². The summed E-state index contributed by atoms with van der Waals surface area (Å²) in [5.41, 5.74) is 1.29. The van der Waals surface area contributed by atoms with Gasteiger partial charge in [0.05, 0.1) is 12.7 Å². The lowest BCUT2D eigenvalue weighted by atomic mass is 9.84. The van der Waals surface area contributed by atoms with E-state index in [2.05, 4.69) is 31.3 Å². The SMILES string of the molecule is CC(C)(CNCC(O)CO)c1ccccc1. The summed E-state index contributed by atoms with van der Waals surface area (Å²) in [6.07, 6.45) is -0.674. The minimum absolute atomic E-state index is 0.0242. The molecule has 0 aliphatic rings. The average Bonchev–Trinajstić information content (AvgIpc) is 2.30. The number of nitrogens with one attached hydrogen (secondary N) is 1. The van der Waals surface area contributed by atoms with Gasteiger partial charge in [-0.2, -0.15) is 0 Å². The first-order valence-corrected chi connectivity index (χ1v) is 5.61. The maximum atomic E-state index is 9.21. The Hall–Kier alpha value is -0.900. The third kappa shape index (κ3) is 3.93. The summed E-state index contributed by atoms with van der Waals surface area (Å²) in [7, 11) is 0. The van der Waals surface area contributed by atoms with Crippen molar-refractivity contribution >= 4 is 0 Å². The van der Waals surface area contributed by atoms with Gasteiger partial charge in [0.15, 0.2) is 0 Å². The molecule has 0 bridgehead atoms. The van der Waals surface area contributed by atoms with E-state index in [1.165, 1.54) is 5.56 Å². The highest BCUT2D eigenvalue weighted by molar-refractivity contribution is 5.23. The quantitative estimate of drug-likeness (QED) is 0.672. The molecule has 0 radical (unpaired) electrons. The molecule has 3 heteroatoms. The molecule has 1 aromatic carbocycles. The molecule has 0 amide bonds. The topological polar surface area (TPSA) is 52.5 Å². The number of hydrogen-bond acceptors (Lipinski definition) is 3. The van der Waals surface area contributed by atoms with Gasteiger partial charge in [0.25, 0.3) is 0 Å². The van der Waals surface area contributed by atoms with Gasteiger partial charge < -0.3 is 15.5 Å². The Balaban J connectivity index is 2.46. The van der Waals surface area contributed by atoms with Crippen LogP contribution in [-0.4, -0.2) is 36.0 Å². The Morgan fingerprint density at radius 2 is 1.88 bits per heavy atom. The molecule has 90 valence electrons. The van der Waals surface area contributed by atoms with Crippen LogP contribution in [0.25, 0.3) is 0 Å². The summed E-state index contributed by atoms with van der Waals surface area (Å²) in [5.74, 6) is 0. The fourth-order valence-electron chi connectivity index (χ4n) is 1.61. The molecule has 3 N–H and O–H groups in total. The molecule has 1 rings (SSSR count). The minimum Gasteiger partial charge on any atom is -0.394 e. The van der Waals surface area contributed by atoms with Crippen molar-refractivity contribution < 1.29 is 10.2 Å². The third-order valence-electron chi connectivity index (χ3n) is 2.71. The number of aliphatic hydroxyl groups excluding tert-OH is 2. The maximum absolute atomic E-state index is 9.21. The Morgan fingerprint density at radius 1 is 1.25 bits per heavy atom. The van der Waals surface area contributed by atoms with Crippen LogP contribution in [0.15, 0.2) is 30.3 Å². The van der Waals surface area contributed by atoms with Crippen molar-refractivity contribution in [1.29, 1.82) is 0 Å². The molecule has 3 nitrogen and oxygen atoms in total. The minimum atomic E-state index is -0.674. The van der Waals surface area contributed by atoms with Gasteiger partial charge in [-0.3, -0.25) is 0 Å². The van der Waals surface area contributed by atoms with Crippen LogP contribution in [0.3, 0.4) is 0 Å². The number of benzene rings is 1. The van der Waals surface area contributed by atoms with E-state index >= 15 is 0 Å². The number of hydrogen-bond donors (Lipinski definition) is 3. The molecule has 1 unspecified atom stereocenters. The standard InChI is InChI=1S/C13H21NO2/c1-13(2,10-14-8-12(16)9-15)11-6-4-3-5-7-11/h3-7,12,14-16H,8-10H2,1-2H3. The predicted octanol–water partition coefficient (Wildman–Crippen LogP) is 0.907. The zero-order valence-electron chi connectivity index (χ0n) is 9.98. The Morgan fingerprint density at radius 3 is 2.44 bits per heavy atom. The molecule has 0 spiro atoms. The summed E-state index contributed by atoms with van der Waals surface area (Å²) in [6, 6.07) is 10.3. The molecule has 0 fully saturated rings. The molecule has 0 aliphatic heterocycles. The van der Waals surface area contributed by atoms with Gasteiger partial charge in [-0.05, 0) is 5.56 Å². The van der Waals surface area contributed by atoms with Gasteiger partial charge in [0.1, 0.15) is 0 Å². The smallest absolute Gasteiger partial charge is 0.0894 e. The summed E-state index contributed by atoms with van der Waals surface area (Å²) in [4.78, 5) is 0. The number of rotatable bonds is 6. The third-order valence-corrected chi connectivity index (χ3v) is 2.71. The lowest BCUT2D eigenvalue weighted by Gasteiger charge is -2.26. The average molecular weight is 223 g/mol. The van der Waals surface area contributed by atoms with Gasteiger partial charge in [0, 0.05) is 18.5 Å². The Labute approximate surface area is 97.1 Å². The molecular formula is C13H21NO2. The van der Waals surface area contributed by atoms with Crippen molar-refractivity contribution in [1.82, 2.24) is 5.32 Å². The highest BCUT2D eigenvalue weighted by Crippen LogP contribution is 2.21. The molecule has 0 aliphatic carbocycles. The van der Waals surface area contributed by atoms with E-state index in [1.807, 2.05) is 18.2 Å². The molecule has 1 atom stereocenters. The van der Waals surface area contributed by atoms with E-state index in [4.69, 9.17) is 5.11 Å². The fraction of sp³-hybridized carbons (Fsp3) is 0.538. The normalized spacial score (nSPS) is 13.8. The number of aliphatic hydroxyl groups is 2. The van der Waals surface area contributed by atoms with Crippen LogP contribution in [0.5, 0.6) is 0 Å². The van der Waals surface area contributed by atoms with Crippen LogP contribution in [0.4, 0.5) is 0 Å². The lowest BCUT2D eigenvalue weighted by Crippen LogP contribution is -2.38. The summed E-state index contributed by atoms with van der Waals surface area (Å²) < 4.78 is 0. The fourth-order valence-corrected chi connectivity index (χ4v) is 1.61. The van der Waals surface area contributed by atoms with Crippen molar-refractivity contribution in [2.24, 2.45) is 0 Å². The monoisotopic (exact) mass is 223 g/mol. The maximum Gasteiger partial charge on any atom is 0.0894 e. The van der Waals surface area contributed by atoms with Crippen molar-refractivity contribution in [2.75, 3.05) is 19.7 Å². The van der Waals surface area contributed by atoms with E-state index in [-0.39, 0.29) is 12.0 Å². The summed E-state index contributed by atoms with van der Waals surface area (Å²) >= 11 is 0. The second-order valence-corrected chi connectivity index (χ2v) is 4.72. The van der Waals surface area contributed by atoms with Crippen molar-refractivity contribution in [2.45, 2.75) is 25.4 Å². The molecule has 0 heterocycles. The Bertz CT molecular complexity index is 298. The first-order valence-electron chi connectivity index (χ1n) is 5.61. The second kappa shape index (κ2) is 5.99. The van der Waals surface area contributed by atoms with Crippen LogP contribution in [0.2, 0.25) is 0 Å². The van der Waals surface area contributed by atoms with E-state index < -0.39 is 6.10 Å². The van der Waals surface area contributed by atoms with Crippen LogP contribution in [-0.2, 0) is 5.41 Å². The molecule has 1 aromatic rings. The van der Waals surface area contributed by atoms with E-state index in [1.54, 1.807) is 0 Å². The van der Waals surface area contributed by atoms with Gasteiger partial charge in [0.2, 0.25) is 0 Å². The van der Waals surface area contributed by atoms with E-state index in [0.717, 1.165) is 6.54 Å². The van der Waals surface area contributed by atoms with E-state index in [0.29, 0.717) is 6.54 Å². The highest BCUT2D eigenvalue weighted by atomic mass is 16.3. The van der Waals surface area contributed by atoms with Gasteiger partial charge >= 0.3 is 0 Å². The van der Waals surface area contributed by atoms with Crippen molar-refractivity contribution in [3.05, 3.63) is 35.9 Å². The van der Waals surface area contributed by atoms with Gasteiger partial charge in [-0.15, -0.1) is 0 Å². The summed E-state index contributed by atoms with van der Waals surface area (Å²) in [6.45, 7) is 5.31. The van der Waals surface area contributed by atoms with Crippen LogP contribution in [0, 0.1) is 0 Å².